The summed E-state index contributed by atoms with van der Waals surface area (Å²) in [6.07, 6.45) is 3.00. The molecule has 0 spiro atoms. The van der Waals surface area contributed by atoms with Crippen LogP contribution in [0.1, 0.15) is 35.1 Å². The van der Waals surface area contributed by atoms with E-state index >= 15 is 0 Å². The van der Waals surface area contributed by atoms with Crippen LogP contribution in [-0.2, 0) is 6.42 Å². The Kier molecular flexibility index (Phi) is 4.42. The smallest absolute Gasteiger partial charge is 0.347 e. The van der Waals surface area contributed by atoms with Crippen molar-refractivity contribution in [3.8, 4) is 0 Å². The van der Waals surface area contributed by atoms with Gasteiger partial charge in [0.2, 0.25) is 0 Å². The summed E-state index contributed by atoms with van der Waals surface area (Å²) in [7, 11) is 4.19. The van der Waals surface area contributed by atoms with Gasteiger partial charge in [0.15, 0.2) is 5.13 Å². The Morgan fingerprint density at radius 3 is 2.84 bits per heavy atom. The fourth-order valence-corrected chi connectivity index (χ4v) is 3.46. The highest BCUT2D eigenvalue weighted by Crippen LogP contribution is 2.29. The second kappa shape index (κ2) is 5.88. The fraction of sp³-hybridized carbons (Fsp3) is 0.692. The summed E-state index contributed by atoms with van der Waals surface area (Å²) in [6, 6.07) is 0.524. The summed E-state index contributed by atoms with van der Waals surface area (Å²) in [6.45, 7) is 3.85. The van der Waals surface area contributed by atoms with Crippen molar-refractivity contribution in [1.29, 1.82) is 0 Å². The van der Waals surface area contributed by atoms with Gasteiger partial charge in [0, 0.05) is 19.1 Å². The number of aromatic carboxylic acids is 1. The Morgan fingerprint density at radius 1 is 1.58 bits per heavy atom. The van der Waals surface area contributed by atoms with Gasteiger partial charge in [-0.15, -0.1) is 0 Å². The molecule has 1 aliphatic heterocycles. The monoisotopic (exact) mass is 283 g/mol. The highest BCUT2D eigenvalue weighted by molar-refractivity contribution is 7.17. The predicted molar refractivity (Wildman–Crippen MR) is 77.4 cm³/mol. The lowest BCUT2D eigenvalue weighted by molar-refractivity contribution is 0.0701. The zero-order valence-electron chi connectivity index (χ0n) is 11.7. The summed E-state index contributed by atoms with van der Waals surface area (Å²) >= 11 is 1.31. The van der Waals surface area contributed by atoms with Crippen LogP contribution in [0, 0.1) is 0 Å². The number of thiazole rings is 1. The molecule has 1 aromatic rings. The van der Waals surface area contributed by atoms with E-state index < -0.39 is 5.97 Å². The van der Waals surface area contributed by atoms with E-state index in [1.807, 2.05) is 6.92 Å². The predicted octanol–water partition coefficient (Wildman–Crippen LogP) is 1.93. The van der Waals surface area contributed by atoms with Crippen molar-refractivity contribution in [2.24, 2.45) is 0 Å². The molecule has 0 aromatic carbocycles. The molecule has 6 heteroatoms. The lowest BCUT2D eigenvalue weighted by atomic mass is 10.1. The van der Waals surface area contributed by atoms with Crippen LogP contribution < -0.4 is 4.90 Å². The van der Waals surface area contributed by atoms with Gasteiger partial charge in [-0.25, -0.2) is 9.78 Å². The molecule has 5 nitrogen and oxygen atoms in total. The third kappa shape index (κ3) is 3.06. The Bertz CT molecular complexity index is 459. The molecule has 1 saturated heterocycles. The summed E-state index contributed by atoms with van der Waals surface area (Å²) < 4.78 is 0. The molecular weight excluding hydrogens is 262 g/mol. The number of hydrogen-bond donors (Lipinski definition) is 1. The minimum Gasteiger partial charge on any atom is -0.477 e. The number of anilines is 1. The molecule has 1 fully saturated rings. The van der Waals surface area contributed by atoms with Gasteiger partial charge in [0.1, 0.15) is 4.88 Å². The van der Waals surface area contributed by atoms with E-state index in [1.54, 1.807) is 0 Å². The quantitative estimate of drug-likeness (QED) is 0.915. The first kappa shape index (κ1) is 14.3. The standard InChI is InChI=1S/C13H21N3O2S/c1-4-10-11(12(17)18)19-13(14-10)16-7-5-6-9(8-16)15(2)3/h9H,4-8H2,1-3H3,(H,17,18). The number of rotatable bonds is 4. The fourth-order valence-electron chi connectivity index (χ4n) is 2.43. The van der Waals surface area contributed by atoms with Crippen molar-refractivity contribution in [2.45, 2.75) is 32.2 Å². The average molecular weight is 283 g/mol. The van der Waals surface area contributed by atoms with Gasteiger partial charge in [0.25, 0.3) is 0 Å². The Labute approximate surface area is 117 Å². The third-order valence-electron chi connectivity index (χ3n) is 3.61. The van der Waals surface area contributed by atoms with Crippen molar-refractivity contribution in [2.75, 3.05) is 32.1 Å². The van der Waals surface area contributed by atoms with Crippen LogP contribution in [-0.4, -0.2) is 54.2 Å². The van der Waals surface area contributed by atoms with Crippen LogP contribution in [0.15, 0.2) is 0 Å². The van der Waals surface area contributed by atoms with Gasteiger partial charge in [0.05, 0.1) is 5.69 Å². The van der Waals surface area contributed by atoms with E-state index in [0.717, 1.165) is 24.6 Å². The minimum absolute atomic E-state index is 0.393. The van der Waals surface area contributed by atoms with E-state index in [2.05, 4.69) is 28.9 Å². The summed E-state index contributed by atoms with van der Waals surface area (Å²) in [5, 5.41) is 10.1. The van der Waals surface area contributed by atoms with Gasteiger partial charge in [-0.05, 0) is 33.4 Å². The molecule has 2 rings (SSSR count). The lowest BCUT2D eigenvalue weighted by Crippen LogP contribution is -2.45. The number of carboxylic acid groups (broad SMARTS) is 1. The van der Waals surface area contributed by atoms with Crippen molar-refractivity contribution in [1.82, 2.24) is 9.88 Å². The van der Waals surface area contributed by atoms with E-state index in [1.165, 1.54) is 17.8 Å². The summed E-state index contributed by atoms with van der Waals surface area (Å²) in [5.41, 5.74) is 0.708. The Morgan fingerprint density at radius 2 is 2.32 bits per heavy atom. The number of nitrogens with zero attached hydrogens (tertiary/aromatic N) is 3. The molecule has 0 bridgehead atoms. The molecule has 0 aliphatic carbocycles. The highest BCUT2D eigenvalue weighted by atomic mass is 32.1. The number of carbonyl (C=O) groups is 1. The maximum atomic E-state index is 11.2. The Hall–Kier alpha value is -1.14. The molecule has 0 saturated carbocycles. The molecule has 1 N–H and O–H groups in total. The molecule has 0 amide bonds. The molecule has 1 aliphatic rings. The van der Waals surface area contributed by atoms with Crippen molar-refractivity contribution in [3.63, 3.8) is 0 Å². The molecule has 1 aromatic heterocycles. The van der Waals surface area contributed by atoms with Crippen LogP contribution in [0.2, 0.25) is 0 Å². The topological polar surface area (TPSA) is 56.7 Å². The van der Waals surface area contributed by atoms with Gasteiger partial charge < -0.3 is 14.9 Å². The number of hydrogen-bond acceptors (Lipinski definition) is 5. The molecular formula is C13H21N3O2S. The van der Waals surface area contributed by atoms with Crippen molar-refractivity contribution >= 4 is 22.4 Å². The normalized spacial score (nSPS) is 20.0. The molecule has 2 heterocycles. The van der Waals surface area contributed by atoms with E-state index in [-0.39, 0.29) is 0 Å². The third-order valence-corrected chi connectivity index (χ3v) is 4.76. The molecule has 19 heavy (non-hydrogen) atoms. The van der Waals surface area contributed by atoms with Gasteiger partial charge in [-0.3, -0.25) is 0 Å². The van der Waals surface area contributed by atoms with Crippen molar-refractivity contribution in [3.05, 3.63) is 10.6 Å². The van der Waals surface area contributed by atoms with Crippen LogP contribution in [0.3, 0.4) is 0 Å². The van der Waals surface area contributed by atoms with Gasteiger partial charge in [-0.1, -0.05) is 18.3 Å². The zero-order chi connectivity index (χ0) is 14.0. The van der Waals surface area contributed by atoms with Gasteiger partial charge >= 0.3 is 5.97 Å². The molecule has 1 unspecified atom stereocenters. The van der Waals surface area contributed by atoms with Crippen LogP contribution in [0.4, 0.5) is 5.13 Å². The first-order valence-corrected chi connectivity index (χ1v) is 7.49. The lowest BCUT2D eigenvalue weighted by Gasteiger charge is -2.35. The number of aryl methyl sites for hydroxylation is 1. The van der Waals surface area contributed by atoms with Crippen molar-refractivity contribution < 1.29 is 9.90 Å². The number of likely N-dealkylation sites (N-methyl/N-ethyl adjacent to an activating group) is 1. The maximum Gasteiger partial charge on any atom is 0.347 e. The van der Waals surface area contributed by atoms with Crippen LogP contribution >= 0.6 is 11.3 Å². The number of carboxylic acids is 1. The van der Waals surface area contributed by atoms with E-state index in [0.29, 0.717) is 23.0 Å². The SMILES string of the molecule is CCc1nc(N2CCCC(N(C)C)C2)sc1C(=O)O. The zero-order valence-corrected chi connectivity index (χ0v) is 12.5. The molecule has 106 valence electrons. The summed E-state index contributed by atoms with van der Waals surface area (Å²) in [5.74, 6) is -0.859. The summed E-state index contributed by atoms with van der Waals surface area (Å²) in [4.78, 5) is 20.6. The molecule has 0 radical (unpaired) electrons. The minimum atomic E-state index is -0.859. The average Bonchev–Trinajstić information content (AvgIpc) is 2.83. The highest BCUT2D eigenvalue weighted by Gasteiger charge is 2.25. The van der Waals surface area contributed by atoms with Crippen LogP contribution in [0.5, 0.6) is 0 Å². The van der Waals surface area contributed by atoms with Crippen LogP contribution in [0.25, 0.3) is 0 Å². The van der Waals surface area contributed by atoms with Gasteiger partial charge in [-0.2, -0.15) is 0 Å². The number of piperidine rings is 1. The second-order valence-corrected chi connectivity index (χ2v) is 6.11. The first-order valence-electron chi connectivity index (χ1n) is 6.67. The first-order chi connectivity index (χ1) is 9.02. The number of aromatic nitrogens is 1. The van der Waals surface area contributed by atoms with E-state index in [9.17, 15) is 9.90 Å². The Balaban J connectivity index is 2.19. The second-order valence-electron chi connectivity index (χ2n) is 5.14. The molecule has 1 atom stereocenters. The van der Waals surface area contributed by atoms with E-state index in [4.69, 9.17) is 0 Å². The largest absolute Gasteiger partial charge is 0.477 e. The maximum absolute atomic E-state index is 11.2.